The van der Waals surface area contributed by atoms with Crippen LogP contribution in [0.3, 0.4) is 0 Å². The molecule has 1 heterocycles. The van der Waals surface area contributed by atoms with Crippen LogP contribution in [-0.2, 0) is 11.2 Å². The number of nitrogens with zero attached hydrogens (tertiary/aromatic N) is 1. The first-order valence-corrected chi connectivity index (χ1v) is 8.99. The molecule has 7 heteroatoms. The van der Waals surface area contributed by atoms with Crippen LogP contribution in [0.15, 0.2) is 18.2 Å². The van der Waals surface area contributed by atoms with Gasteiger partial charge in [-0.05, 0) is 50.5 Å². The Bertz CT molecular complexity index is 812. The maximum Gasteiger partial charge on any atom is 0.263 e. The van der Waals surface area contributed by atoms with Crippen molar-refractivity contribution in [3.63, 3.8) is 0 Å². The number of carbonyl (C=O) groups excluding carboxylic acids is 2. The monoisotopic (exact) mass is 359 g/mol. The highest BCUT2D eigenvalue weighted by atomic mass is 32.1. The van der Waals surface area contributed by atoms with Crippen molar-refractivity contribution in [3.05, 3.63) is 39.3 Å². The van der Waals surface area contributed by atoms with Gasteiger partial charge in [0, 0.05) is 11.7 Å². The van der Waals surface area contributed by atoms with Crippen molar-refractivity contribution in [2.75, 3.05) is 12.4 Å². The molecule has 132 valence electrons. The molecule has 0 bridgehead atoms. The summed E-state index contributed by atoms with van der Waals surface area (Å²) < 4.78 is 5.16. The normalized spacial score (nSPS) is 13.4. The molecule has 1 aromatic carbocycles. The summed E-state index contributed by atoms with van der Waals surface area (Å²) in [5.74, 6) is 0.503. The van der Waals surface area contributed by atoms with Gasteiger partial charge in [-0.15, -0.1) is 11.3 Å². The van der Waals surface area contributed by atoms with E-state index in [0.29, 0.717) is 21.6 Å². The molecule has 2 aromatic rings. The summed E-state index contributed by atoms with van der Waals surface area (Å²) in [6.45, 7) is 3.71. The zero-order valence-electron chi connectivity index (χ0n) is 14.5. The van der Waals surface area contributed by atoms with Crippen LogP contribution in [0.4, 0.5) is 5.69 Å². The van der Waals surface area contributed by atoms with Crippen LogP contribution < -0.4 is 15.4 Å². The highest BCUT2D eigenvalue weighted by Gasteiger charge is 2.26. The molecule has 0 atom stereocenters. The second-order valence-corrected chi connectivity index (χ2v) is 7.26. The number of carbonyl (C=O) groups is 2. The average molecular weight is 359 g/mol. The zero-order chi connectivity index (χ0) is 18.0. The second-order valence-electron chi connectivity index (χ2n) is 6.18. The van der Waals surface area contributed by atoms with E-state index in [-0.39, 0.29) is 18.2 Å². The molecular formula is C18H21N3O3S. The molecule has 3 rings (SSSR count). The van der Waals surface area contributed by atoms with Crippen molar-refractivity contribution in [2.24, 2.45) is 0 Å². The number of aryl methyl sites for hydroxylation is 2. The highest BCUT2D eigenvalue weighted by molar-refractivity contribution is 7.13. The number of amides is 2. The topological polar surface area (TPSA) is 80.3 Å². The number of rotatable bonds is 6. The van der Waals surface area contributed by atoms with Crippen LogP contribution in [0.5, 0.6) is 5.75 Å². The highest BCUT2D eigenvalue weighted by Crippen LogP contribution is 2.24. The fourth-order valence-electron chi connectivity index (χ4n) is 2.45. The number of nitrogens with one attached hydrogen (secondary N) is 2. The summed E-state index contributed by atoms with van der Waals surface area (Å²) in [6.07, 6.45) is 2.23. The van der Waals surface area contributed by atoms with Crippen LogP contribution >= 0.6 is 11.3 Å². The Hall–Kier alpha value is -2.41. The molecular weight excluding hydrogens is 338 g/mol. The largest absolute Gasteiger partial charge is 0.497 e. The van der Waals surface area contributed by atoms with Gasteiger partial charge in [0.2, 0.25) is 5.91 Å². The average Bonchev–Trinajstić information content (AvgIpc) is 3.30. The van der Waals surface area contributed by atoms with E-state index in [1.54, 1.807) is 20.1 Å². The van der Waals surface area contributed by atoms with Crippen molar-refractivity contribution < 1.29 is 14.3 Å². The van der Waals surface area contributed by atoms with Crippen LogP contribution in [0.25, 0.3) is 0 Å². The standard InChI is InChI=1S/C18H21N3O3S/c1-10-8-13(24-3)6-7-14(10)21-15(22)9-16-19-11(2)17(25-16)18(23)20-12-4-5-12/h6-8,12H,4-5,9H2,1-3H3,(H,20,23)(H,21,22). The van der Waals surface area contributed by atoms with Gasteiger partial charge < -0.3 is 15.4 Å². The van der Waals surface area contributed by atoms with Gasteiger partial charge >= 0.3 is 0 Å². The molecule has 0 unspecified atom stereocenters. The predicted molar refractivity (Wildman–Crippen MR) is 97.4 cm³/mol. The predicted octanol–water partition coefficient (Wildman–Crippen LogP) is 2.84. The Balaban J connectivity index is 1.63. The second kappa shape index (κ2) is 7.23. The lowest BCUT2D eigenvalue weighted by atomic mass is 10.2. The van der Waals surface area contributed by atoms with Crippen molar-refractivity contribution in [1.29, 1.82) is 0 Å². The van der Waals surface area contributed by atoms with Crippen LogP contribution in [0.1, 0.15) is 38.8 Å². The van der Waals surface area contributed by atoms with E-state index in [0.717, 1.165) is 29.8 Å². The Morgan fingerprint density at radius 3 is 2.72 bits per heavy atom. The van der Waals surface area contributed by atoms with E-state index < -0.39 is 0 Å². The minimum atomic E-state index is -0.156. The third kappa shape index (κ3) is 4.36. The van der Waals surface area contributed by atoms with Crippen molar-refractivity contribution in [1.82, 2.24) is 10.3 Å². The molecule has 2 N–H and O–H groups in total. The van der Waals surface area contributed by atoms with Gasteiger partial charge in [0.25, 0.3) is 5.91 Å². The number of thiazole rings is 1. The molecule has 1 aromatic heterocycles. The van der Waals surface area contributed by atoms with Crippen molar-refractivity contribution in [3.8, 4) is 5.75 Å². The van der Waals surface area contributed by atoms with E-state index in [1.165, 1.54) is 11.3 Å². The quantitative estimate of drug-likeness (QED) is 0.831. The van der Waals surface area contributed by atoms with Crippen molar-refractivity contribution in [2.45, 2.75) is 39.2 Å². The lowest BCUT2D eigenvalue weighted by molar-refractivity contribution is -0.115. The number of methoxy groups -OCH3 is 1. The third-order valence-corrected chi connectivity index (χ3v) is 5.14. The van der Waals surface area contributed by atoms with E-state index in [4.69, 9.17) is 4.74 Å². The van der Waals surface area contributed by atoms with Gasteiger partial charge in [-0.3, -0.25) is 9.59 Å². The molecule has 1 aliphatic carbocycles. The fourth-order valence-corrected chi connectivity index (χ4v) is 3.42. The summed E-state index contributed by atoms with van der Waals surface area (Å²) in [5, 5.41) is 6.48. The lowest BCUT2D eigenvalue weighted by Crippen LogP contribution is -2.25. The minimum Gasteiger partial charge on any atom is -0.497 e. The Kier molecular flexibility index (Phi) is 5.03. The number of benzene rings is 1. The Labute approximate surface area is 150 Å². The third-order valence-electron chi connectivity index (χ3n) is 3.98. The molecule has 2 amide bonds. The molecule has 1 aliphatic rings. The summed E-state index contributed by atoms with van der Waals surface area (Å²) in [5.41, 5.74) is 2.34. The van der Waals surface area contributed by atoms with Crippen LogP contribution in [0.2, 0.25) is 0 Å². The molecule has 0 radical (unpaired) electrons. The van der Waals surface area contributed by atoms with E-state index >= 15 is 0 Å². The summed E-state index contributed by atoms with van der Waals surface area (Å²) in [6, 6.07) is 5.78. The first kappa shape index (κ1) is 17.4. The maximum absolute atomic E-state index is 12.3. The van der Waals surface area contributed by atoms with Gasteiger partial charge in [-0.2, -0.15) is 0 Å². The van der Waals surface area contributed by atoms with Gasteiger partial charge in [-0.25, -0.2) is 4.98 Å². The smallest absolute Gasteiger partial charge is 0.263 e. The van der Waals surface area contributed by atoms with Crippen LogP contribution in [-0.4, -0.2) is 29.9 Å². The minimum absolute atomic E-state index is 0.0878. The summed E-state index contributed by atoms with van der Waals surface area (Å²) >= 11 is 1.28. The molecule has 0 saturated heterocycles. The number of hydrogen-bond acceptors (Lipinski definition) is 5. The molecule has 0 aliphatic heterocycles. The SMILES string of the molecule is COc1ccc(NC(=O)Cc2nc(C)c(C(=O)NC3CC3)s2)c(C)c1. The summed E-state index contributed by atoms with van der Waals surface area (Å²) in [7, 11) is 1.61. The van der Waals surface area contributed by atoms with E-state index in [9.17, 15) is 9.59 Å². The molecule has 6 nitrogen and oxygen atoms in total. The molecule has 0 spiro atoms. The maximum atomic E-state index is 12.3. The number of aromatic nitrogens is 1. The van der Waals surface area contributed by atoms with Gasteiger partial charge in [-0.1, -0.05) is 0 Å². The van der Waals surface area contributed by atoms with Crippen LogP contribution in [0, 0.1) is 13.8 Å². The molecule has 1 saturated carbocycles. The number of hydrogen-bond donors (Lipinski definition) is 2. The summed E-state index contributed by atoms with van der Waals surface area (Å²) in [4.78, 5) is 29.4. The van der Waals surface area contributed by atoms with Crippen molar-refractivity contribution >= 4 is 28.8 Å². The Morgan fingerprint density at radius 2 is 2.08 bits per heavy atom. The Morgan fingerprint density at radius 1 is 1.32 bits per heavy atom. The first-order valence-electron chi connectivity index (χ1n) is 8.18. The van der Waals surface area contributed by atoms with Gasteiger partial charge in [0.1, 0.15) is 15.6 Å². The molecule has 25 heavy (non-hydrogen) atoms. The zero-order valence-corrected chi connectivity index (χ0v) is 15.3. The molecule has 1 fully saturated rings. The van der Waals surface area contributed by atoms with E-state index in [1.807, 2.05) is 19.1 Å². The first-order chi connectivity index (χ1) is 12.0. The number of anilines is 1. The fraction of sp³-hybridized carbons (Fsp3) is 0.389. The number of ether oxygens (including phenoxy) is 1. The van der Waals surface area contributed by atoms with E-state index in [2.05, 4.69) is 15.6 Å². The van der Waals surface area contributed by atoms with Gasteiger partial charge in [0.15, 0.2) is 0 Å². The lowest BCUT2D eigenvalue weighted by Gasteiger charge is -2.09. The van der Waals surface area contributed by atoms with Gasteiger partial charge in [0.05, 0.1) is 19.2 Å².